The third-order valence-corrected chi connectivity index (χ3v) is 4.98. The SMILES string of the molecule is O=C(c1ccc([N+](=O)[O-])cc1O)N1CCC(CO)(Cc2ccc(F)cc2)C1. The molecule has 0 saturated carbocycles. The molecule has 2 N–H and O–H groups in total. The maximum absolute atomic E-state index is 13.1. The summed E-state index contributed by atoms with van der Waals surface area (Å²) in [6.45, 7) is 0.521. The van der Waals surface area contributed by atoms with E-state index in [-0.39, 0.29) is 30.2 Å². The lowest BCUT2D eigenvalue weighted by molar-refractivity contribution is -0.384. The topological polar surface area (TPSA) is 104 Å². The van der Waals surface area contributed by atoms with Crippen LogP contribution in [0.2, 0.25) is 0 Å². The molecule has 1 aliphatic heterocycles. The zero-order chi connectivity index (χ0) is 19.6. The Labute approximate surface area is 154 Å². The first-order valence-corrected chi connectivity index (χ1v) is 8.45. The van der Waals surface area contributed by atoms with E-state index in [9.17, 15) is 29.5 Å². The molecular formula is C19H19FN2O5. The molecule has 2 aromatic rings. The summed E-state index contributed by atoms with van der Waals surface area (Å²) in [6, 6.07) is 9.36. The highest BCUT2D eigenvalue weighted by atomic mass is 19.1. The molecule has 7 nitrogen and oxygen atoms in total. The van der Waals surface area contributed by atoms with Crippen molar-refractivity contribution in [1.29, 1.82) is 0 Å². The second-order valence-corrected chi connectivity index (χ2v) is 6.90. The van der Waals surface area contributed by atoms with Gasteiger partial charge in [0.2, 0.25) is 0 Å². The maximum Gasteiger partial charge on any atom is 0.273 e. The van der Waals surface area contributed by atoms with Crippen LogP contribution in [0.5, 0.6) is 5.75 Å². The summed E-state index contributed by atoms with van der Waals surface area (Å²) >= 11 is 0. The van der Waals surface area contributed by atoms with Crippen LogP contribution in [0, 0.1) is 21.3 Å². The number of phenolic OH excluding ortho intramolecular Hbond substituents is 1. The van der Waals surface area contributed by atoms with E-state index in [0.717, 1.165) is 11.6 Å². The number of nitro benzene ring substituents is 1. The maximum atomic E-state index is 13.1. The van der Waals surface area contributed by atoms with Gasteiger partial charge >= 0.3 is 0 Å². The molecular weight excluding hydrogens is 355 g/mol. The number of aliphatic hydroxyl groups is 1. The van der Waals surface area contributed by atoms with Crippen LogP contribution in [0.25, 0.3) is 0 Å². The van der Waals surface area contributed by atoms with Gasteiger partial charge in [0.05, 0.1) is 23.2 Å². The molecule has 0 aliphatic carbocycles. The number of halogens is 1. The second kappa shape index (κ2) is 7.32. The molecule has 2 aromatic carbocycles. The number of carbonyl (C=O) groups excluding carboxylic acids is 1. The van der Waals surface area contributed by atoms with Gasteiger partial charge in [-0.25, -0.2) is 4.39 Å². The van der Waals surface area contributed by atoms with Gasteiger partial charge in [0, 0.05) is 24.6 Å². The Morgan fingerprint density at radius 3 is 2.56 bits per heavy atom. The lowest BCUT2D eigenvalue weighted by Gasteiger charge is -2.27. The lowest BCUT2D eigenvalue weighted by Crippen LogP contribution is -2.35. The summed E-state index contributed by atoms with van der Waals surface area (Å²) in [5.41, 5.74) is -0.00953. The number of benzene rings is 2. The number of rotatable bonds is 5. The van der Waals surface area contributed by atoms with E-state index >= 15 is 0 Å². The molecule has 1 saturated heterocycles. The zero-order valence-corrected chi connectivity index (χ0v) is 14.5. The molecule has 1 atom stereocenters. The highest BCUT2D eigenvalue weighted by Gasteiger charge is 2.40. The van der Waals surface area contributed by atoms with Gasteiger partial charge in [0.25, 0.3) is 11.6 Å². The Morgan fingerprint density at radius 2 is 1.96 bits per heavy atom. The minimum Gasteiger partial charge on any atom is -0.507 e. The van der Waals surface area contributed by atoms with E-state index < -0.39 is 22.0 Å². The number of amides is 1. The molecule has 1 aliphatic rings. The molecule has 3 rings (SSSR count). The first-order chi connectivity index (χ1) is 12.8. The summed E-state index contributed by atoms with van der Waals surface area (Å²) < 4.78 is 13.1. The first kappa shape index (κ1) is 18.8. The molecule has 0 spiro atoms. The highest BCUT2D eigenvalue weighted by Crippen LogP contribution is 2.35. The van der Waals surface area contributed by atoms with Crippen LogP contribution in [-0.2, 0) is 6.42 Å². The highest BCUT2D eigenvalue weighted by molar-refractivity contribution is 5.97. The summed E-state index contributed by atoms with van der Waals surface area (Å²) in [5.74, 6) is -1.24. The van der Waals surface area contributed by atoms with Gasteiger partial charge in [-0.2, -0.15) is 0 Å². The fourth-order valence-electron chi connectivity index (χ4n) is 3.46. The molecule has 0 radical (unpaired) electrons. The average molecular weight is 374 g/mol. The summed E-state index contributed by atoms with van der Waals surface area (Å²) in [7, 11) is 0. The van der Waals surface area contributed by atoms with Gasteiger partial charge in [0.1, 0.15) is 11.6 Å². The normalized spacial score (nSPS) is 19.3. The first-order valence-electron chi connectivity index (χ1n) is 8.45. The van der Waals surface area contributed by atoms with Gasteiger partial charge in [-0.3, -0.25) is 14.9 Å². The van der Waals surface area contributed by atoms with Gasteiger partial charge in [-0.1, -0.05) is 12.1 Å². The van der Waals surface area contributed by atoms with Crippen molar-refractivity contribution in [3.8, 4) is 5.75 Å². The number of nitrogens with zero attached hydrogens (tertiary/aromatic N) is 2. The Bertz CT molecular complexity index is 871. The minimum absolute atomic E-state index is 0.0175. The van der Waals surface area contributed by atoms with Crippen LogP contribution in [0.4, 0.5) is 10.1 Å². The molecule has 27 heavy (non-hydrogen) atoms. The fourth-order valence-corrected chi connectivity index (χ4v) is 3.46. The minimum atomic E-state index is -0.649. The van der Waals surface area contributed by atoms with Crippen molar-refractivity contribution < 1.29 is 24.3 Å². The monoisotopic (exact) mass is 374 g/mol. The van der Waals surface area contributed by atoms with E-state index in [1.165, 1.54) is 29.2 Å². The Hall–Kier alpha value is -3.00. The third-order valence-electron chi connectivity index (χ3n) is 4.98. The van der Waals surface area contributed by atoms with Crippen LogP contribution in [0.15, 0.2) is 42.5 Å². The lowest BCUT2D eigenvalue weighted by atomic mass is 9.81. The van der Waals surface area contributed by atoms with Crippen molar-refractivity contribution in [2.45, 2.75) is 12.8 Å². The zero-order valence-electron chi connectivity index (χ0n) is 14.5. The van der Waals surface area contributed by atoms with E-state index in [1.807, 2.05) is 0 Å². The molecule has 0 bridgehead atoms. The van der Waals surface area contributed by atoms with Gasteiger partial charge < -0.3 is 15.1 Å². The molecule has 1 heterocycles. The molecule has 1 amide bonds. The van der Waals surface area contributed by atoms with Gasteiger partial charge in [0.15, 0.2) is 0 Å². The number of likely N-dealkylation sites (tertiary alicyclic amines) is 1. The smallest absolute Gasteiger partial charge is 0.273 e. The van der Waals surface area contributed by atoms with Crippen LogP contribution in [0.1, 0.15) is 22.3 Å². The van der Waals surface area contributed by atoms with E-state index in [2.05, 4.69) is 0 Å². The van der Waals surface area contributed by atoms with Gasteiger partial charge in [-0.15, -0.1) is 0 Å². The quantitative estimate of drug-likeness (QED) is 0.618. The summed E-state index contributed by atoms with van der Waals surface area (Å²) in [4.78, 5) is 24.3. The predicted molar refractivity (Wildman–Crippen MR) is 94.9 cm³/mol. The molecule has 1 unspecified atom stereocenters. The average Bonchev–Trinajstić information content (AvgIpc) is 3.07. The van der Waals surface area contributed by atoms with Crippen molar-refractivity contribution in [2.75, 3.05) is 19.7 Å². The van der Waals surface area contributed by atoms with Crippen LogP contribution < -0.4 is 0 Å². The summed E-state index contributed by atoms with van der Waals surface area (Å²) in [6.07, 6.45) is 1.04. The van der Waals surface area contributed by atoms with Crippen molar-refractivity contribution in [1.82, 2.24) is 4.90 Å². The van der Waals surface area contributed by atoms with Crippen molar-refractivity contribution in [2.24, 2.45) is 5.41 Å². The standard InChI is InChI=1S/C19H19FN2O5/c20-14-3-1-13(2-4-14)10-19(12-23)7-8-21(11-19)18(25)16-6-5-15(22(26)27)9-17(16)24/h1-6,9,23-24H,7-8,10-12H2. The number of aromatic hydroxyl groups is 1. The number of carbonyl (C=O) groups is 1. The number of nitro groups is 1. The molecule has 142 valence electrons. The molecule has 8 heteroatoms. The number of aliphatic hydroxyl groups excluding tert-OH is 1. The van der Waals surface area contributed by atoms with E-state index in [1.54, 1.807) is 12.1 Å². The summed E-state index contributed by atoms with van der Waals surface area (Å²) in [5, 5.41) is 30.7. The van der Waals surface area contributed by atoms with Crippen molar-refractivity contribution >= 4 is 11.6 Å². The fraction of sp³-hybridized carbons (Fsp3) is 0.316. The number of hydrogen-bond donors (Lipinski definition) is 2. The largest absolute Gasteiger partial charge is 0.507 e. The Morgan fingerprint density at radius 1 is 1.26 bits per heavy atom. The third kappa shape index (κ3) is 3.90. The van der Waals surface area contributed by atoms with Crippen molar-refractivity contribution in [3.05, 3.63) is 69.5 Å². The number of hydrogen-bond acceptors (Lipinski definition) is 5. The van der Waals surface area contributed by atoms with E-state index in [4.69, 9.17) is 0 Å². The molecule has 0 aromatic heterocycles. The Balaban J connectivity index is 1.76. The van der Waals surface area contributed by atoms with Crippen molar-refractivity contribution in [3.63, 3.8) is 0 Å². The second-order valence-electron chi connectivity index (χ2n) is 6.90. The number of phenols is 1. The van der Waals surface area contributed by atoms with Crippen LogP contribution in [-0.4, -0.2) is 45.6 Å². The Kier molecular flexibility index (Phi) is 5.09. The molecule has 1 fully saturated rings. The number of non-ortho nitro benzene ring substituents is 1. The van der Waals surface area contributed by atoms with Gasteiger partial charge in [-0.05, 0) is 36.6 Å². The van der Waals surface area contributed by atoms with Crippen LogP contribution >= 0.6 is 0 Å². The van der Waals surface area contributed by atoms with E-state index in [0.29, 0.717) is 19.4 Å². The predicted octanol–water partition coefficient (Wildman–Crippen LogP) is 2.51. The van der Waals surface area contributed by atoms with Crippen LogP contribution in [0.3, 0.4) is 0 Å².